The number of carbonyl (C=O) groups is 1. The number of hydrogen-bond acceptors (Lipinski definition) is 2. The van der Waals surface area contributed by atoms with Gasteiger partial charge in [0, 0.05) is 26.3 Å². The summed E-state index contributed by atoms with van der Waals surface area (Å²) in [6, 6.07) is 0.111. The van der Waals surface area contributed by atoms with Crippen LogP contribution in [-0.4, -0.2) is 32.3 Å². The van der Waals surface area contributed by atoms with Crippen molar-refractivity contribution in [1.82, 2.24) is 10.6 Å². The molecule has 4 heteroatoms. The minimum absolute atomic E-state index is 0.0951. The highest BCUT2D eigenvalue weighted by atomic mass is 16.5. The van der Waals surface area contributed by atoms with E-state index in [0.29, 0.717) is 19.1 Å². The standard InChI is InChI=1S/C10H22N2O2/c1-8(2)9(3)12-10(13)11-6-5-7-14-4/h8-9H,5-7H2,1-4H3,(H2,11,12,13). The number of nitrogens with one attached hydrogen (secondary N) is 2. The van der Waals surface area contributed by atoms with Gasteiger partial charge in [0.05, 0.1) is 0 Å². The fraction of sp³-hybridized carbons (Fsp3) is 0.900. The number of hydrogen-bond donors (Lipinski definition) is 2. The van der Waals surface area contributed by atoms with Crippen LogP contribution in [0.2, 0.25) is 0 Å². The van der Waals surface area contributed by atoms with Gasteiger partial charge in [0.2, 0.25) is 0 Å². The van der Waals surface area contributed by atoms with Gasteiger partial charge in [-0.1, -0.05) is 13.8 Å². The van der Waals surface area contributed by atoms with Gasteiger partial charge in [-0.3, -0.25) is 0 Å². The molecule has 0 aliphatic rings. The zero-order valence-electron chi connectivity index (χ0n) is 9.59. The Hall–Kier alpha value is -0.770. The highest BCUT2D eigenvalue weighted by Gasteiger charge is 2.09. The van der Waals surface area contributed by atoms with Gasteiger partial charge in [-0.15, -0.1) is 0 Å². The van der Waals surface area contributed by atoms with Gasteiger partial charge >= 0.3 is 6.03 Å². The topological polar surface area (TPSA) is 50.4 Å². The summed E-state index contributed by atoms with van der Waals surface area (Å²) in [5, 5.41) is 5.64. The molecular weight excluding hydrogens is 180 g/mol. The van der Waals surface area contributed by atoms with Crippen molar-refractivity contribution in [2.75, 3.05) is 20.3 Å². The lowest BCUT2D eigenvalue weighted by atomic mass is 10.1. The third-order valence-electron chi connectivity index (χ3n) is 2.17. The Morgan fingerprint density at radius 1 is 1.36 bits per heavy atom. The lowest BCUT2D eigenvalue weighted by molar-refractivity contribution is 0.193. The molecule has 0 fully saturated rings. The van der Waals surface area contributed by atoms with Crippen LogP contribution in [0.3, 0.4) is 0 Å². The van der Waals surface area contributed by atoms with Gasteiger partial charge in [-0.2, -0.15) is 0 Å². The maximum atomic E-state index is 11.3. The van der Waals surface area contributed by atoms with Crippen LogP contribution in [0.15, 0.2) is 0 Å². The van der Waals surface area contributed by atoms with Crippen LogP contribution in [0, 0.1) is 5.92 Å². The predicted molar refractivity (Wildman–Crippen MR) is 57.3 cm³/mol. The first-order valence-electron chi connectivity index (χ1n) is 5.11. The van der Waals surface area contributed by atoms with E-state index in [1.807, 2.05) is 6.92 Å². The highest BCUT2D eigenvalue weighted by Crippen LogP contribution is 1.98. The lowest BCUT2D eigenvalue weighted by Crippen LogP contribution is -2.43. The fourth-order valence-electron chi connectivity index (χ4n) is 0.843. The second kappa shape index (κ2) is 7.62. The molecule has 0 saturated carbocycles. The summed E-state index contributed by atoms with van der Waals surface area (Å²) in [5.74, 6) is 0.458. The molecule has 0 rings (SSSR count). The first-order valence-corrected chi connectivity index (χ1v) is 5.11. The van der Waals surface area contributed by atoms with E-state index in [2.05, 4.69) is 24.5 Å². The molecule has 0 aromatic heterocycles. The average molecular weight is 202 g/mol. The molecule has 14 heavy (non-hydrogen) atoms. The summed E-state index contributed by atoms with van der Waals surface area (Å²) in [5.41, 5.74) is 0. The second-order valence-corrected chi connectivity index (χ2v) is 3.78. The Bertz CT molecular complexity index is 160. The summed E-state index contributed by atoms with van der Waals surface area (Å²) in [6.07, 6.45) is 0.847. The summed E-state index contributed by atoms with van der Waals surface area (Å²) in [6.45, 7) is 7.50. The van der Waals surface area contributed by atoms with E-state index >= 15 is 0 Å². The maximum absolute atomic E-state index is 11.3. The molecule has 0 saturated heterocycles. The van der Waals surface area contributed by atoms with Crippen LogP contribution < -0.4 is 10.6 Å². The summed E-state index contributed by atoms with van der Waals surface area (Å²) in [7, 11) is 1.65. The molecular formula is C10H22N2O2. The van der Waals surface area contributed by atoms with E-state index in [1.165, 1.54) is 0 Å². The van der Waals surface area contributed by atoms with Crippen LogP contribution in [0.1, 0.15) is 27.2 Å². The van der Waals surface area contributed by atoms with Gasteiger partial charge in [-0.25, -0.2) is 4.79 Å². The monoisotopic (exact) mass is 202 g/mol. The largest absolute Gasteiger partial charge is 0.385 e. The van der Waals surface area contributed by atoms with Crippen molar-refractivity contribution in [2.45, 2.75) is 33.2 Å². The quantitative estimate of drug-likeness (QED) is 0.639. The molecule has 4 nitrogen and oxygen atoms in total. The van der Waals surface area contributed by atoms with E-state index in [0.717, 1.165) is 6.42 Å². The Kier molecular flexibility index (Phi) is 7.20. The first kappa shape index (κ1) is 13.2. The van der Waals surface area contributed by atoms with Crippen molar-refractivity contribution in [3.05, 3.63) is 0 Å². The summed E-state index contributed by atoms with van der Waals surface area (Å²) >= 11 is 0. The van der Waals surface area contributed by atoms with E-state index in [1.54, 1.807) is 7.11 Å². The molecule has 0 aliphatic carbocycles. The molecule has 0 aromatic carbocycles. The predicted octanol–water partition coefficient (Wildman–Crippen LogP) is 1.37. The van der Waals surface area contributed by atoms with Crippen LogP contribution in [-0.2, 0) is 4.74 Å². The Morgan fingerprint density at radius 2 is 2.00 bits per heavy atom. The molecule has 0 bridgehead atoms. The number of carbonyl (C=O) groups excluding carboxylic acids is 1. The molecule has 2 amide bonds. The first-order chi connectivity index (χ1) is 6.57. The third-order valence-corrected chi connectivity index (χ3v) is 2.17. The molecule has 0 heterocycles. The molecule has 1 atom stereocenters. The van der Waals surface area contributed by atoms with Crippen molar-refractivity contribution in [2.24, 2.45) is 5.92 Å². The van der Waals surface area contributed by atoms with Crippen LogP contribution in [0.5, 0.6) is 0 Å². The van der Waals surface area contributed by atoms with Crippen LogP contribution >= 0.6 is 0 Å². The van der Waals surface area contributed by atoms with Gasteiger partial charge in [0.15, 0.2) is 0 Å². The van der Waals surface area contributed by atoms with Crippen LogP contribution in [0.4, 0.5) is 4.79 Å². The van der Waals surface area contributed by atoms with E-state index in [9.17, 15) is 4.79 Å². The minimum Gasteiger partial charge on any atom is -0.385 e. The van der Waals surface area contributed by atoms with E-state index in [-0.39, 0.29) is 12.1 Å². The van der Waals surface area contributed by atoms with Crippen molar-refractivity contribution < 1.29 is 9.53 Å². The van der Waals surface area contributed by atoms with Crippen molar-refractivity contribution in [3.8, 4) is 0 Å². The lowest BCUT2D eigenvalue weighted by Gasteiger charge is -2.17. The zero-order chi connectivity index (χ0) is 11.0. The highest BCUT2D eigenvalue weighted by molar-refractivity contribution is 5.74. The van der Waals surface area contributed by atoms with E-state index < -0.39 is 0 Å². The molecule has 84 valence electrons. The van der Waals surface area contributed by atoms with Crippen molar-refractivity contribution in [3.63, 3.8) is 0 Å². The van der Waals surface area contributed by atoms with Crippen molar-refractivity contribution >= 4 is 6.03 Å². The number of rotatable bonds is 6. The van der Waals surface area contributed by atoms with Gasteiger partial charge in [0.25, 0.3) is 0 Å². The SMILES string of the molecule is COCCCNC(=O)NC(C)C(C)C. The number of urea groups is 1. The number of ether oxygens (including phenoxy) is 1. The fourth-order valence-corrected chi connectivity index (χ4v) is 0.843. The van der Waals surface area contributed by atoms with Gasteiger partial charge in [0.1, 0.15) is 0 Å². The Labute approximate surface area is 86.4 Å². The smallest absolute Gasteiger partial charge is 0.315 e. The molecule has 1 unspecified atom stereocenters. The maximum Gasteiger partial charge on any atom is 0.315 e. The Morgan fingerprint density at radius 3 is 2.50 bits per heavy atom. The molecule has 0 radical (unpaired) electrons. The molecule has 2 N–H and O–H groups in total. The van der Waals surface area contributed by atoms with Crippen molar-refractivity contribution in [1.29, 1.82) is 0 Å². The third kappa shape index (κ3) is 6.71. The minimum atomic E-state index is -0.0951. The number of amides is 2. The molecule has 0 aliphatic heterocycles. The van der Waals surface area contributed by atoms with Crippen LogP contribution in [0.25, 0.3) is 0 Å². The summed E-state index contributed by atoms with van der Waals surface area (Å²) < 4.78 is 4.87. The van der Waals surface area contributed by atoms with Gasteiger partial charge in [-0.05, 0) is 19.3 Å². The average Bonchev–Trinajstić information content (AvgIpc) is 2.12. The number of methoxy groups -OCH3 is 1. The van der Waals surface area contributed by atoms with E-state index in [4.69, 9.17) is 4.74 Å². The normalized spacial score (nSPS) is 12.6. The summed E-state index contributed by atoms with van der Waals surface area (Å²) in [4.78, 5) is 11.3. The molecule has 0 spiro atoms. The zero-order valence-corrected chi connectivity index (χ0v) is 9.59. The Balaban J connectivity index is 3.45. The second-order valence-electron chi connectivity index (χ2n) is 3.78. The molecule has 0 aromatic rings. The van der Waals surface area contributed by atoms with Gasteiger partial charge < -0.3 is 15.4 Å².